The van der Waals surface area contributed by atoms with Crippen LogP contribution in [0.2, 0.25) is 0 Å². The van der Waals surface area contributed by atoms with E-state index in [1.54, 1.807) is 36.5 Å². The predicted molar refractivity (Wildman–Crippen MR) is 236 cm³/mol. The average Bonchev–Trinajstić information content (AvgIpc) is 3.16. The number of hydrogen-bond acceptors (Lipinski definition) is 9. The van der Waals surface area contributed by atoms with Gasteiger partial charge in [0.2, 0.25) is 0 Å². The summed E-state index contributed by atoms with van der Waals surface area (Å²) in [5.74, 6) is -1.06. The molecule has 0 radical (unpaired) electrons. The van der Waals surface area contributed by atoms with Crippen molar-refractivity contribution in [2.24, 2.45) is 0 Å². The van der Waals surface area contributed by atoms with Crippen molar-refractivity contribution in [1.82, 2.24) is 0 Å². The summed E-state index contributed by atoms with van der Waals surface area (Å²) in [6.07, 6.45) is 38.6. The molecule has 0 fully saturated rings. The van der Waals surface area contributed by atoms with Gasteiger partial charge in [-0.15, -0.1) is 0 Å². The fourth-order valence-corrected chi connectivity index (χ4v) is 6.10. The number of carbonyl (C=O) groups is 2. The van der Waals surface area contributed by atoms with Crippen LogP contribution in [0.4, 0.5) is 0 Å². The Morgan fingerprint density at radius 2 is 1.19 bits per heavy atom. The first-order chi connectivity index (χ1) is 27.8. The number of phosphoric acid groups is 1. The van der Waals surface area contributed by atoms with Gasteiger partial charge in [0.25, 0.3) is 0 Å². The number of hydrogen-bond donors (Lipinski definition) is 3. The molecule has 1 unspecified atom stereocenters. The lowest BCUT2D eigenvalue weighted by atomic mass is 10.1. The molecule has 0 saturated heterocycles. The van der Waals surface area contributed by atoms with E-state index in [4.69, 9.17) is 18.5 Å². The summed E-state index contributed by atoms with van der Waals surface area (Å²) in [5.41, 5.74) is 0. The normalized spacial score (nSPS) is 15.4. The number of quaternary nitrogens is 1. The predicted octanol–water partition coefficient (Wildman–Crippen LogP) is 10.2. The van der Waals surface area contributed by atoms with Crippen LogP contribution in [0.1, 0.15) is 142 Å². The van der Waals surface area contributed by atoms with Gasteiger partial charge in [-0.05, 0) is 70.6 Å². The number of likely N-dealkylation sites (N-methyl/N-ethyl adjacent to an activating group) is 1. The van der Waals surface area contributed by atoms with Crippen LogP contribution in [-0.4, -0.2) is 97.3 Å². The molecule has 0 saturated carbocycles. The molecule has 0 aliphatic carbocycles. The summed E-state index contributed by atoms with van der Waals surface area (Å²) < 4.78 is 34.0. The Morgan fingerprint density at radius 1 is 0.638 bits per heavy atom. The number of aliphatic hydroxyl groups is 2. The number of nitrogens with zero attached hydrogens (tertiary/aromatic N) is 1. The maximum Gasteiger partial charge on any atom is 0.472 e. The van der Waals surface area contributed by atoms with Crippen LogP contribution in [0, 0.1) is 0 Å². The van der Waals surface area contributed by atoms with Gasteiger partial charge >= 0.3 is 19.8 Å². The quantitative estimate of drug-likeness (QED) is 0.0137. The topological polar surface area (TPSA) is 149 Å². The SMILES string of the molecule is CCCCC/C=C\C/C=C\CCCCCCCC(=O)OC[C@H](COP(=O)(O)OCC[N+](C)(C)C)OC(=O)CCC[C@@H](O)\C=C/C=C/C=C/[C@@H](O)C/C=C\CCCCC. The Kier molecular flexibility index (Phi) is 35.7. The standard InChI is InChI=1S/C46H80NO10P/c1-6-8-10-12-14-15-16-17-18-19-20-21-22-24-30-36-45(50)54-40-44(41-56-58(52,53)55-39-38-47(3,4)5)57-46(51)37-31-35-43(49)34-29-26-25-28-33-42(48)32-27-23-13-11-9-7-2/h14-15,17-18,23,25-29,33-34,42-44,48-49H,6-13,16,19-22,24,30-32,35-41H2,1-5H3/p+1/b15-14-,18-17-,26-25+,27-23-,33-28+,34-29-/t42-,43-,44+/m0/s1. The first-order valence-corrected chi connectivity index (χ1v) is 23.4. The second-order valence-electron chi connectivity index (χ2n) is 15.8. The van der Waals surface area contributed by atoms with Gasteiger partial charge in [-0.3, -0.25) is 18.6 Å². The zero-order valence-electron chi connectivity index (χ0n) is 36.7. The third kappa shape index (κ3) is 40.2. The van der Waals surface area contributed by atoms with Gasteiger partial charge in [0.15, 0.2) is 6.10 Å². The van der Waals surface area contributed by atoms with Crippen LogP contribution >= 0.6 is 7.82 Å². The Balaban J connectivity index is 4.68. The van der Waals surface area contributed by atoms with Crippen molar-refractivity contribution in [3.05, 3.63) is 72.9 Å². The fraction of sp³-hybridized carbons (Fsp3) is 0.696. The van der Waals surface area contributed by atoms with Gasteiger partial charge in [0.05, 0.1) is 40.0 Å². The molecular weight excluding hydrogens is 757 g/mol. The fourth-order valence-electron chi connectivity index (χ4n) is 5.35. The number of aliphatic hydroxyl groups excluding tert-OH is 2. The molecule has 334 valence electrons. The third-order valence-electron chi connectivity index (χ3n) is 8.90. The van der Waals surface area contributed by atoms with Crippen LogP contribution < -0.4 is 0 Å². The molecule has 0 aromatic heterocycles. The van der Waals surface area contributed by atoms with Crippen LogP contribution in [0.15, 0.2) is 72.9 Å². The van der Waals surface area contributed by atoms with E-state index in [0.29, 0.717) is 36.7 Å². The molecule has 0 aromatic carbocycles. The van der Waals surface area contributed by atoms with E-state index in [9.17, 15) is 29.3 Å². The molecule has 58 heavy (non-hydrogen) atoms. The summed E-state index contributed by atoms with van der Waals surface area (Å²) in [6, 6.07) is 0. The average molecular weight is 839 g/mol. The largest absolute Gasteiger partial charge is 0.472 e. The minimum Gasteiger partial charge on any atom is -0.462 e. The van der Waals surface area contributed by atoms with E-state index in [2.05, 4.69) is 44.2 Å². The van der Waals surface area contributed by atoms with E-state index in [1.165, 1.54) is 38.5 Å². The van der Waals surface area contributed by atoms with Crippen molar-refractivity contribution in [1.29, 1.82) is 0 Å². The number of esters is 2. The molecular formula is C46H81NO10P+. The third-order valence-corrected chi connectivity index (χ3v) is 9.88. The molecule has 3 N–H and O–H groups in total. The minimum absolute atomic E-state index is 0.0201. The zero-order chi connectivity index (χ0) is 43.2. The zero-order valence-corrected chi connectivity index (χ0v) is 37.6. The number of rotatable bonds is 38. The van der Waals surface area contributed by atoms with Gasteiger partial charge in [-0.2, -0.15) is 0 Å². The summed E-state index contributed by atoms with van der Waals surface area (Å²) in [7, 11) is 1.30. The Morgan fingerprint density at radius 3 is 1.81 bits per heavy atom. The smallest absolute Gasteiger partial charge is 0.462 e. The number of phosphoric ester groups is 1. The number of carbonyl (C=O) groups excluding carboxylic acids is 2. The second kappa shape index (κ2) is 37.4. The lowest BCUT2D eigenvalue weighted by Gasteiger charge is -2.24. The van der Waals surface area contributed by atoms with Crippen molar-refractivity contribution >= 4 is 19.8 Å². The summed E-state index contributed by atoms with van der Waals surface area (Å²) in [6.45, 7) is 4.00. The molecule has 0 heterocycles. The van der Waals surface area contributed by atoms with Crippen molar-refractivity contribution in [3.8, 4) is 0 Å². The van der Waals surface area contributed by atoms with E-state index in [1.807, 2.05) is 27.2 Å². The van der Waals surface area contributed by atoms with Crippen LogP contribution in [0.25, 0.3) is 0 Å². The van der Waals surface area contributed by atoms with Gasteiger partial charge < -0.3 is 29.1 Å². The first-order valence-electron chi connectivity index (χ1n) is 21.9. The lowest BCUT2D eigenvalue weighted by molar-refractivity contribution is -0.870. The van der Waals surface area contributed by atoms with Gasteiger partial charge in [0.1, 0.15) is 19.8 Å². The highest BCUT2D eigenvalue weighted by Gasteiger charge is 2.27. The second-order valence-corrected chi connectivity index (χ2v) is 17.2. The molecule has 0 aliphatic rings. The number of ether oxygens (including phenoxy) is 2. The molecule has 12 heteroatoms. The Bertz CT molecular complexity index is 1250. The minimum atomic E-state index is -4.45. The highest BCUT2D eigenvalue weighted by atomic mass is 31.2. The molecule has 0 amide bonds. The highest BCUT2D eigenvalue weighted by Crippen LogP contribution is 2.43. The number of allylic oxidation sites excluding steroid dienone is 9. The first kappa shape index (κ1) is 55.4. The number of unbranched alkanes of at least 4 members (excludes halogenated alkanes) is 11. The molecule has 0 bridgehead atoms. The maximum absolute atomic E-state index is 12.7. The van der Waals surface area contributed by atoms with E-state index < -0.39 is 44.7 Å². The summed E-state index contributed by atoms with van der Waals surface area (Å²) >= 11 is 0. The summed E-state index contributed by atoms with van der Waals surface area (Å²) in [4.78, 5) is 35.4. The molecule has 0 rings (SSSR count). The highest BCUT2D eigenvalue weighted by molar-refractivity contribution is 7.47. The van der Waals surface area contributed by atoms with Gasteiger partial charge in [-0.25, -0.2) is 4.57 Å². The van der Waals surface area contributed by atoms with E-state index >= 15 is 0 Å². The molecule has 11 nitrogen and oxygen atoms in total. The van der Waals surface area contributed by atoms with E-state index in [0.717, 1.165) is 51.4 Å². The molecule has 0 aromatic rings. The Labute approximate surface area is 352 Å². The maximum atomic E-state index is 12.7. The van der Waals surface area contributed by atoms with Crippen LogP contribution in [0.5, 0.6) is 0 Å². The Hall–Kier alpha value is -2.63. The van der Waals surface area contributed by atoms with Crippen molar-refractivity contribution in [3.63, 3.8) is 0 Å². The van der Waals surface area contributed by atoms with Crippen LogP contribution in [-0.2, 0) is 32.7 Å². The van der Waals surface area contributed by atoms with Crippen molar-refractivity contribution in [2.75, 3.05) is 47.5 Å². The van der Waals surface area contributed by atoms with Gasteiger partial charge in [-0.1, -0.05) is 132 Å². The van der Waals surface area contributed by atoms with E-state index in [-0.39, 0.29) is 26.1 Å². The summed E-state index contributed by atoms with van der Waals surface area (Å²) in [5, 5.41) is 20.4. The van der Waals surface area contributed by atoms with Crippen molar-refractivity contribution in [2.45, 2.75) is 161 Å². The molecule has 0 spiro atoms. The van der Waals surface area contributed by atoms with Gasteiger partial charge in [0, 0.05) is 12.8 Å². The molecule has 0 aliphatic heterocycles. The lowest BCUT2D eigenvalue weighted by Crippen LogP contribution is -2.37. The molecule has 4 atom stereocenters. The monoisotopic (exact) mass is 839 g/mol. The van der Waals surface area contributed by atoms with Crippen molar-refractivity contribution < 1.29 is 52.3 Å². The van der Waals surface area contributed by atoms with Crippen LogP contribution in [0.3, 0.4) is 0 Å².